The van der Waals surface area contributed by atoms with E-state index in [0.29, 0.717) is 32.8 Å². The van der Waals surface area contributed by atoms with E-state index < -0.39 is 0 Å². The number of hydrogen-bond donors (Lipinski definition) is 2. The Morgan fingerprint density at radius 2 is 1.96 bits per heavy atom. The lowest BCUT2D eigenvalue weighted by Crippen LogP contribution is -2.54. The number of carbonyl (C=O) groups is 1. The molecular formula is C18H27N3O4. The number of nitrogens with two attached hydrogens (primary N) is 1. The number of ether oxygens (including phenoxy) is 3. The number of hydrogen-bond acceptors (Lipinski definition) is 6. The molecule has 2 saturated heterocycles. The normalized spacial score (nSPS) is 24.2. The molecule has 0 spiro atoms. The molecule has 0 unspecified atom stereocenters. The van der Waals surface area contributed by atoms with Crippen LogP contribution in [0.25, 0.3) is 0 Å². The highest BCUT2D eigenvalue weighted by molar-refractivity contribution is 5.79. The lowest BCUT2D eigenvalue weighted by atomic mass is 10.1. The molecule has 0 radical (unpaired) electrons. The van der Waals surface area contributed by atoms with Gasteiger partial charge in [-0.3, -0.25) is 9.69 Å². The second-order valence-electron chi connectivity index (χ2n) is 6.39. The second kappa shape index (κ2) is 9.15. The van der Waals surface area contributed by atoms with Crippen molar-refractivity contribution >= 4 is 5.91 Å². The maximum Gasteiger partial charge on any atom is 0.224 e. The molecule has 2 atom stereocenters. The van der Waals surface area contributed by atoms with Crippen LogP contribution in [0.3, 0.4) is 0 Å². The van der Waals surface area contributed by atoms with Gasteiger partial charge in [0.2, 0.25) is 5.91 Å². The van der Waals surface area contributed by atoms with Crippen molar-refractivity contribution in [3.8, 4) is 5.75 Å². The van der Waals surface area contributed by atoms with Gasteiger partial charge < -0.3 is 25.3 Å². The highest BCUT2D eigenvalue weighted by atomic mass is 16.5. The molecule has 0 saturated carbocycles. The van der Waals surface area contributed by atoms with Crippen LogP contribution < -0.4 is 15.8 Å². The summed E-state index contributed by atoms with van der Waals surface area (Å²) in [5, 5.41) is 3.13. The lowest BCUT2D eigenvalue weighted by Gasteiger charge is -2.34. The molecule has 2 aliphatic rings. The van der Waals surface area contributed by atoms with Gasteiger partial charge in [0.15, 0.2) is 0 Å². The second-order valence-corrected chi connectivity index (χ2v) is 6.39. The first-order valence-corrected chi connectivity index (χ1v) is 8.87. The van der Waals surface area contributed by atoms with Crippen LogP contribution in [0, 0.1) is 0 Å². The van der Waals surface area contributed by atoms with Gasteiger partial charge >= 0.3 is 0 Å². The average Bonchev–Trinajstić information content (AvgIpc) is 3.10. The maximum absolute atomic E-state index is 12.4. The van der Waals surface area contributed by atoms with Gasteiger partial charge in [0.25, 0.3) is 0 Å². The zero-order valence-electron chi connectivity index (χ0n) is 14.5. The van der Waals surface area contributed by atoms with Gasteiger partial charge in [-0.05, 0) is 17.7 Å². The van der Waals surface area contributed by atoms with Crippen LogP contribution in [-0.2, 0) is 20.7 Å². The highest BCUT2D eigenvalue weighted by Crippen LogP contribution is 2.16. The molecule has 1 aromatic rings. The van der Waals surface area contributed by atoms with Crippen LogP contribution in [0.5, 0.6) is 5.75 Å². The molecule has 1 aromatic carbocycles. The molecule has 25 heavy (non-hydrogen) atoms. The Labute approximate surface area is 148 Å². The van der Waals surface area contributed by atoms with Crippen LogP contribution in [0.15, 0.2) is 24.3 Å². The average molecular weight is 349 g/mol. The van der Waals surface area contributed by atoms with Crippen LogP contribution in [-0.4, -0.2) is 75.6 Å². The van der Waals surface area contributed by atoms with Gasteiger partial charge in [0, 0.05) is 19.6 Å². The van der Waals surface area contributed by atoms with Crippen molar-refractivity contribution in [1.29, 1.82) is 0 Å². The third-order valence-corrected chi connectivity index (χ3v) is 4.59. The number of morpholine rings is 1. The summed E-state index contributed by atoms with van der Waals surface area (Å²) in [5.74, 6) is 0.788. The predicted molar refractivity (Wildman–Crippen MR) is 93.6 cm³/mol. The van der Waals surface area contributed by atoms with E-state index in [1.165, 1.54) is 0 Å². The van der Waals surface area contributed by atoms with Crippen molar-refractivity contribution in [3.63, 3.8) is 0 Å². The summed E-state index contributed by atoms with van der Waals surface area (Å²) in [4.78, 5) is 14.7. The number of carbonyl (C=O) groups excluding carboxylic acids is 1. The summed E-state index contributed by atoms with van der Waals surface area (Å²) in [5.41, 5.74) is 6.37. The molecule has 0 aromatic heterocycles. The Kier molecular flexibility index (Phi) is 6.63. The first kappa shape index (κ1) is 18.1. The zero-order valence-corrected chi connectivity index (χ0v) is 14.5. The third kappa shape index (κ3) is 5.15. The molecule has 1 amide bonds. The topological polar surface area (TPSA) is 86.0 Å². The number of benzene rings is 1. The van der Waals surface area contributed by atoms with E-state index in [0.717, 1.165) is 37.6 Å². The summed E-state index contributed by atoms with van der Waals surface area (Å²) >= 11 is 0. The number of nitrogens with zero attached hydrogens (tertiary/aromatic N) is 1. The van der Waals surface area contributed by atoms with Gasteiger partial charge in [0.05, 0.1) is 44.9 Å². The molecule has 2 aliphatic heterocycles. The minimum atomic E-state index is 0.0179. The fourth-order valence-electron chi connectivity index (χ4n) is 3.27. The largest absolute Gasteiger partial charge is 0.492 e. The smallest absolute Gasteiger partial charge is 0.224 e. The molecule has 2 fully saturated rings. The first-order chi connectivity index (χ1) is 12.3. The van der Waals surface area contributed by atoms with Crippen molar-refractivity contribution in [3.05, 3.63) is 29.8 Å². The van der Waals surface area contributed by atoms with Crippen LogP contribution in [0.4, 0.5) is 0 Å². The molecule has 3 rings (SSSR count). The third-order valence-electron chi connectivity index (χ3n) is 4.59. The van der Waals surface area contributed by atoms with E-state index in [4.69, 9.17) is 19.9 Å². The monoisotopic (exact) mass is 349 g/mol. The van der Waals surface area contributed by atoms with E-state index in [2.05, 4.69) is 10.2 Å². The van der Waals surface area contributed by atoms with Crippen LogP contribution in [0.1, 0.15) is 5.56 Å². The van der Waals surface area contributed by atoms with Crippen molar-refractivity contribution in [1.82, 2.24) is 10.2 Å². The van der Waals surface area contributed by atoms with E-state index in [1.54, 1.807) is 0 Å². The Bertz CT molecular complexity index is 546. The van der Waals surface area contributed by atoms with Crippen molar-refractivity contribution in [2.75, 3.05) is 52.7 Å². The molecule has 2 heterocycles. The van der Waals surface area contributed by atoms with E-state index in [1.807, 2.05) is 24.3 Å². The van der Waals surface area contributed by atoms with Crippen molar-refractivity contribution < 1.29 is 19.0 Å². The SMILES string of the molecule is NCCOc1ccc(CC(=O)N[C@H]2COC[C@@H]2N2CCOCC2)cc1. The Balaban J connectivity index is 1.49. The van der Waals surface area contributed by atoms with E-state index in [-0.39, 0.29) is 18.0 Å². The summed E-state index contributed by atoms with van der Waals surface area (Å²) in [7, 11) is 0. The molecule has 0 aliphatic carbocycles. The Morgan fingerprint density at radius 1 is 1.20 bits per heavy atom. The van der Waals surface area contributed by atoms with Gasteiger partial charge in [-0.2, -0.15) is 0 Å². The molecule has 0 bridgehead atoms. The lowest BCUT2D eigenvalue weighted by molar-refractivity contribution is -0.121. The van der Waals surface area contributed by atoms with E-state index >= 15 is 0 Å². The van der Waals surface area contributed by atoms with Crippen LogP contribution in [0.2, 0.25) is 0 Å². The summed E-state index contributed by atoms with van der Waals surface area (Å²) in [6, 6.07) is 7.84. The predicted octanol–water partition coefficient (Wildman–Crippen LogP) is -0.218. The number of amides is 1. The number of rotatable bonds is 7. The van der Waals surface area contributed by atoms with Gasteiger partial charge in [0.1, 0.15) is 12.4 Å². The molecule has 3 N–H and O–H groups in total. The van der Waals surface area contributed by atoms with Gasteiger partial charge in [-0.25, -0.2) is 0 Å². The zero-order chi connectivity index (χ0) is 17.5. The standard InChI is InChI=1S/C18H27N3O4/c19-5-8-25-15-3-1-14(2-4-15)11-18(22)20-16-12-24-13-17(16)21-6-9-23-10-7-21/h1-4,16-17H,5-13,19H2,(H,20,22)/t16-,17-/m0/s1. The minimum Gasteiger partial charge on any atom is -0.492 e. The molecule has 7 nitrogen and oxygen atoms in total. The van der Waals surface area contributed by atoms with Crippen LogP contribution >= 0.6 is 0 Å². The molecule has 7 heteroatoms. The first-order valence-electron chi connectivity index (χ1n) is 8.87. The van der Waals surface area contributed by atoms with E-state index in [9.17, 15) is 4.79 Å². The maximum atomic E-state index is 12.4. The van der Waals surface area contributed by atoms with Crippen molar-refractivity contribution in [2.45, 2.75) is 18.5 Å². The Hall–Kier alpha value is -1.67. The summed E-state index contributed by atoms with van der Waals surface area (Å²) < 4.78 is 16.5. The Morgan fingerprint density at radius 3 is 2.68 bits per heavy atom. The van der Waals surface area contributed by atoms with Gasteiger partial charge in [-0.15, -0.1) is 0 Å². The summed E-state index contributed by atoms with van der Waals surface area (Å²) in [6.45, 7) is 5.49. The fourth-order valence-corrected chi connectivity index (χ4v) is 3.27. The quantitative estimate of drug-likeness (QED) is 0.708. The molecular weight excluding hydrogens is 322 g/mol. The van der Waals surface area contributed by atoms with Gasteiger partial charge in [-0.1, -0.05) is 12.1 Å². The highest BCUT2D eigenvalue weighted by Gasteiger charge is 2.34. The fraction of sp³-hybridized carbons (Fsp3) is 0.611. The summed E-state index contributed by atoms with van der Waals surface area (Å²) in [6.07, 6.45) is 0.351. The number of nitrogens with one attached hydrogen (secondary N) is 1. The van der Waals surface area contributed by atoms with Crippen molar-refractivity contribution in [2.24, 2.45) is 5.73 Å². The molecule has 138 valence electrons. The minimum absolute atomic E-state index is 0.0179.